The smallest absolute Gasteiger partial charge is 0.240 e. The van der Waals surface area contributed by atoms with Gasteiger partial charge in [0.25, 0.3) is 0 Å². The first-order chi connectivity index (χ1) is 10.6. The maximum absolute atomic E-state index is 11.5. The molecule has 1 aromatic heterocycles. The fraction of sp³-hybridized carbons (Fsp3) is 0.615. The molecule has 0 spiro atoms. The zero-order valence-corrected chi connectivity index (χ0v) is 14.3. The number of halogens is 1. The third-order valence-corrected chi connectivity index (χ3v) is 3.29. The molecular weight excluding hydrogens is 322 g/mol. The predicted molar refractivity (Wildman–Crippen MR) is 87.7 cm³/mol. The Bertz CT molecular complexity index is 533. The van der Waals surface area contributed by atoms with Gasteiger partial charge in [-0.15, -0.1) is 0 Å². The van der Waals surface area contributed by atoms with Crippen LogP contribution in [0.2, 0.25) is 5.28 Å². The Kier molecular flexibility index (Phi) is 6.49. The van der Waals surface area contributed by atoms with Gasteiger partial charge >= 0.3 is 0 Å². The van der Waals surface area contributed by atoms with Crippen LogP contribution in [-0.4, -0.2) is 38.8 Å². The molecule has 9 nitrogen and oxygen atoms in total. The summed E-state index contributed by atoms with van der Waals surface area (Å²) in [6.45, 7) is 7.30. The van der Waals surface area contributed by atoms with Crippen LogP contribution in [0.1, 0.15) is 27.7 Å². The molecule has 0 bridgehead atoms. The highest BCUT2D eigenvalue weighted by atomic mass is 35.5. The van der Waals surface area contributed by atoms with Crippen molar-refractivity contribution >= 4 is 35.3 Å². The minimum absolute atomic E-state index is 0.0755. The largest absolute Gasteiger partial charge is 0.368 e. The summed E-state index contributed by atoms with van der Waals surface area (Å²) in [5, 5.41) is 5.53. The van der Waals surface area contributed by atoms with Crippen LogP contribution >= 0.6 is 11.6 Å². The number of rotatable bonds is 8. The number of hydrogen-bond donors (Lipinski definition) is 4. The second kappa shape index (κ2) is 7.91. The summed E-state index contributed by atoms with van der Waals surface area (Å²) in [5.74, 6) is -1.07. The van der Waals surface area contributed by atoms with Crippen LogP contribution in [0.5, 0.6) is 0 Å². The summed E-state index contributed by atoms with van der Waals surface area (Å²) in [6.07, 6.45) is 0. The molecule has 0 saturated heterocycles. The lowest BCUT2D eigenvalue weighted by molar-refractivity contribution is -0.120. The van der Waals surface area contributed by atoms with Crippen molar-refractivity contribution in [2.24, 2.45) is 23.3 Å². The quantitative estimate of drug-likeness (QED) is 0.532. The molecule has 1 aromatic rings. The van der Waals surface area contributed by atoms with Crippen molar-refractivity contribution in [3.05, 3.63) is 5.28 Å². The van der Waals surface area contributed by atoms with E-state index in [0.29, 0.717) is 0 Å². The number of anilines is 2. The molecule has 0 saturated carbocycles. The Morgan fingerprint density at radius 2 is 1.22 bits per heavy atom. The second-order valence-corrected chi connectivity index (χ2v) is 6.13. The van der Waals surface area contributed by atoms with Crippen molar-refractivity contribution in [3.63, 3.8) is 0 Å². The minimum atomic E-state index is -0.668. The molecule has 0 aliphatic rings. The Hall–Kier alpha value is -2.16. The van der Waals surface area contributed by atoms with Gasteiger partial charge in [0.15, 0.2) is 0 Å². The standard InChI is InChI=1S/C13H22ClN7O2/c1-5(2)7(9(15)22)17-12-19-11(14)20-13(21-12)18-8(6(3)4)10(16)23/h5-8H,1-4H3,(H2,15,22)(H2,16,23)(H2,17,18,19,20,21)/t7-,8+. The SMILES string of the molecule is CC(C)[C@H](Nc1nc(Cl)nc(N[C@@H](C(N)=O)C(C)C)n1)C(N)=O. The highest BCUT2D eigenvalue weighted by molar-refractivity contribution is 6.28. The van der Waals surface area contributed by atoms with Gasteiger partial charge in [-0.1, -0.05) is 27.7 Å². The zero-order chi connectivity index (χ0) is 17.7. The molecule has 0 aromatic carbocycles. The van der Waals surface area contributed by atoms with Crippen LogP contribution in [0, 0.1) is 11.8 Å². The Morgan fingerprint density at radius 3 is 1.48 bits per heavy atom. The normalized spacial score (nSPS) is 13.7. The second-order valence-electron chi connectivity index (χ2n) is 5.79. The van der Waals surface area contributed by atoms with E-state index < -0.39 is 23.9 Å². The maximum atomic E-state index is 11.5. The van der Waals surface area contributed by atoms with Crippen molar-refractivity contribution in [1.82, 2.24) is 15.0 Å². The molecule has 2 atom stereocenters. The van der Waals surface area contributed by atoms with E-state index in [4.69, 9.17) is 23.1 Å². The number of hydrogen-bond acceptors (Lipinski definition) is 7. The average molecular weight is 344 g/mol. The van der Waals surface area contributed by atoms with E-state index in [1.165, 1.54) is 0 Å². The Balaban J connectivity index is 3.03. The fourth-order valence-corrected chi connectivity index (χ4v) is 2.05. The molecule has 0 fully saturated rings. The van der Waals surface area contributed by atoms with E-state index in [-0.39, 0.29) is 29.0 Å². The highest BCUT2D eigenvalue weighted by Gasteiger charge is 2.23. The highest BCUT2D eigenvalue weighted by Crippen LogP contribution is 2.15. The van der Waals surface area contributed by atoms with E-state index in [1.54, 1.807) is 0 Å². The summed E-state index contributed by atoms with van der Waals surface area (Å²) in [6, 6.07) is -1.34. The fourth-order valence-electron chi connectivity index (χ4n) is 1.89. The molecule has 2 amide bonds. The molecule has 10 heteroatoms. The number of carbonyl (C=O) groups excluding carboxylic acids is 2. The molecule has 0 radical (unpaired) electrons. The number of amides is 2. The van der Waals surface area contributed by atoms with Crippen LogP contribution in [0.3, 0.4) is 0 Å². The lowest BCUT2D eigenvalue weighted by atomic mass is 10.0. The zero-order valence-electron chi connectivity index (χ0n) is 13.5. The van der Waals surface area contributed by atoms with E-state index in [2.05, 4.69) is 25.6 Å². The number of nitrogens with two attached hydrogens (primary N) is 2. The van der Waals surface area contributed by atoms with Crippen LogP contribution < -0.4 is 22.1 Å². The first-order valence-corrected chi connectivity index (χ1v) is 7.52. The van der Waals surface area contributed by atoms with Gasteiger partial charge in [-0.05, 0) is 23.4 Å². The average Bonchev–Trinajstić information content (AvgIpc) is 2.40. The molecule has 1 rings (SSSR count). The summed E-state index contributed by atoms with van der Waals surface area (Å²) in [7, 11) is 0. The molecular formula is C13H22ClN7O2. The van der Waals surface area contributed by atoms with Gasteiger partial charge < -0.3 is 22.1 Å². The molecule has 0 unspecified atom stereocenters. The number of nitrogens with zero attached hydrogens (tertiary/aromatic N) is 3. The first-order valence-electron chi connectivity index (χ1n) is 7.15. The third-order valence-electron chi connectivity index (χ3n) is 3.12. The van der Waals surface area contributed by atoms with E-state index in [0.717, 1.165) is 0 Å². The first kappa shape index (κ1) is 18.9. The van der Waals surface area contributed by atoms with Gasteiger partial charge in [0, 0.05) is 0 Å². The monoisotopic (exact) mass is 343 g/mol. The molecule has 0 aliphatic heterocycles. The van der Waals surface area contributed by atoms with Crippen LogP contribution in [0.25, 0.3) is 0 Å². The van der Waals surface area contributed by atoms with E-state index >= 15 is 0 Å². The molecule has 0 aliphatic carbocycles. The molecule has 1 heterocycles. The van der Waals surface area contributed by atoms with E-state index in [1.807, 2.05) is 27.7 Å². The van der Waals surface area contributed by atoms with Crippen LogP contribution in [-0.2, 0) is 9.59 Å². The molecule has 23 heavy (non-hydrogen) atoms. The van der Waals surface area contributed by atoms with Crippen LogP contribution in [0.15, 0.2) is 0 Å². The molecule has 6 N–H and O–H groups in total. The Morgan fingerprint density at radius 1 is 0.870 bits per heavy atom. The van der Waals surface area contributed by atoms with Gasteiger partial charge in [-0.3, -0.25) is 9.59 Å². The van der Waals surface area contributed by atoms with Gasteiger partial charge in [0.05, 0.1) is 0 Å². The minimum Gasteiger partial charge on any atom is -0.368 e. The number of carbonyl (C=O) groups is 2. The number of nitrogens with one attached hydrogen (secondary N) is 2. The van der Waals surface area contributed by atoms with Gasteiger partial charge in [-0.2, -0.15) is 15.0 Å². The van der Waals surface area contributed by atoms with Crippen molar-refractivity contribution in [2.75, 3.05) is 10.6 Å². The summed E-state index contributed by atoms with van der Waals surface area (Å²) in [5.41, 5.74) is 10.7. The van der Waals surface area contributed by atoms with Gasteiger partial charge in [0.1, 0.15) is 12.1 Å². The summed E-state index contributed by atoms with van der Waals surface area (Å²) < 4.78 is 0. The summed E-state index contributed by atoms with van der Waals surface area (Å²) in [4.78, 5) is 34.8. The molecule has 128 valence electrons. The number of aromatic nitrogens is 3. The van der Waals surface area contributed by atoms with Gasteiger partial charge in [0.2, 0.25) is 29.0 Å². The third kappa shape index (κ3) is 5.51. The topological polar surface area (TPSA) is 149 Å². The van der Waals surface area contributed by atoms with E-state index in [9.17, 15) is 9.59 Å². The summed E-state index contributed by atoms with van der Waals surface area (Å²) >= 11 is 5.86. The van der Waals surface area contributed by atoms with Gasteiger partial charge in [-0.25, -0.2) is 0 Å². The van der Waals surface area contributed by atoms with Crippen molar-refractivity contribution in [1.29, 1.82) is 0 Å². The van der Waals surface area contributed by atoms with Crippen molar-refractivity contribution in [3.8, 4) is 0 Å². The Labute approximate surface area is 139 Å². The van der Waals surface area contributed by atoms with Crippen molar-refractivity contribution < 1.29 is 9.59 Å². The predicted octanol–water partition coefficient (Wildman–Crippen LogP) is 0.369. The lowest BCUT2D eigenvalue weighted by Gasteiger charge is -2.21. The maximum Gasteiger partial charge on any atom is 0.240 e. The van der Waals surface area contributed by atoms with Crippen molar-refractivity contribution in [2.45, 2.75) is 39.8 Å². The van der Waals surface area contributed by atoms with Crippen LogP contribution in [0.4, 0.5) is 11.9 Å². The lowest BCUT2D eigenvalue weighted by Crippen LogP contribution is -2.41. The number of primary amides is 2.